The highest BCUT2D eigenvalue weighted by Crippen LogP contribution is 2.40. The van der Waals surface area contributed by atoms with Crippen LogP contribution in [0.15, 0.2) is 73.1 Å². The van der Waals surface area contributed by atoms with Gasteiger partial charge in [0.15, 0.2) is 5.82 Å². The highest BCUT2D eigenvalue weighted by Gasteiger charge is 2.28. The van der Waals surface area contributed by atoms with Crippen LogP contribution in [0, 0.1) is 5.82 Å². The van der Waals surface area contributed by atoms with E-state index < -0.39 is 5.82 Å². The molecule has 2 aliphatic heterocycles. The molecular formula is C36H37FN8O4. The Morgan fingerprint density at radius 2 is 1.76 bits per heavy atom. The number of piperazine rings is 1. The summed E-state index contributed by atoms with van der Waals surface area (Å²) in [4.78, 5) is 40.3. The zero-order valence-electron chi connectivity index (χ0n) is 27.4. The Hall–Kier alpha value is -5.72. The molecule has 0 atom stereocenters. The minimum Gasteiger partial charge on any atom is -0.496 e. The quantitative estimate of drug-likeness (QED) is 0.242. The number of amides is 2. The van der Waals surface area contributed by atoms with Crippen LogP contribution in [-0.2, 0) is 11.3 Å². The molecular weight excluding hydrogens is 627 g/mol. The number of hydrogen-bond donors (Lipinski definition) is 1. The number of anilines is 1. The SMILES string of the molecule is COc1cccc(N2CCN(C(=O)c3cc4c(-c5ccccc5OC)cc(C5=CCCN(C(=O)CCn6ccnn6)C5)c(F)c4[nH]3)CC2)n1. The molecule has 1 fully saturated rings. The normalized spacial score (nSPS) is 15.0. The highest BCUT2D eigenvalue weighted by atomic mass is 19.1. The minimum absolute atomic E-state index is 0.0393. The zero-order chi connectivity index (χ0) is 33.9. The summed E-state index contributed by atoms with van der Waals surface area (Å²) in [5.41, 5.74) is 3.12. The van der Waals surface area contributed by atoms with Crippen molar-refractivity contribution in [2.24, 2.45) is 0 Å². The summed E-state index contributed by atoms with van der Waals surface area (Å²) in [5.74, 6) is 1.24. The van der Waals surface area contributed by atoms with Gasteiger partial charge in [-0.25, -0.2) is 4.39 Å². The fraction of sp³-hybridized carbons (Fsp3) is 0.306. The molecule has 0 spiro atoms. The van der Waals surface area contributed by atoms with Gasteiger partial charge in [0.2, 0.25) is 11.8 Å². The smallest absolute Gasteiger partial charge is 0.270 e. The molecule has 49 heavy (non-hydrogen) atoms. The third kappa shape index (κ3) is 6.43. The molecule has 3 aromatic heterocycles. The van der Waals surface area contributed by atoms with E-state index in [-0.39, 0.29) is 30.3 Å². The van der Waals surface area contributed by atoms with Crippen LogP contribution < -0.4 is 14.4 Å². The van der Waals surface area contributed by atoms with E-state index in [2.05, 4.69) is 25.2 Å². The van der Waals surface area contributed by atoms with Crippen LogP contribution in [0.2, 0.25) is 0 Å². The Balaban J connectivity index is 1.18. The Morgan fingerprint density at radius 3 is 2.53 bits per heavy atom. The first-order valence-corrected chi connectivity index (χ1v) is 16.3. The van der Waals surface area contributed by atoms with Crippen LogP contribution >= 0.6 is 0 Å². The number of aryl methyl sites for hydroxylation is 1. The van der Waals surface area contributed by atoms with Crippen molar-refractivity contribution in [2.75, 3.05) is 58.4 Å². The Kier molecular flexibility index (Phi) is 8.97. The number of para-hydroxylation sites is 1. The number of halogens is 1. The molecule has 0 bridgehead atoms. The minimum atomic E-state index is -0.468. The maximum absolute atomic E-state index is 16.6. The molecule has 2 aromatic carbocycles. The maximum Gasteiger partial charge on any atom is 0.270 e. The molecule has 13 heteroatoms. The summed E-state index contributed by atoms with van der Waals surface area (Å²) in [6, 6.07) is 16.7. The molecule has 2 aliphatic rings. The number of rotatable bonds is 9. The topological polar surface area (TPSA) is 122 Å². The third-order valence-electron chi connectivity index (χ3n) is 9.17. The maximum atomic E-state index is 16.6. The standard InChI is InChI=1S/C36H37FN8O4/c1-48-30-9-4-3-8-25(30)27-21-26(24-7-6-14-44(23-24)33(46)12-15-45-16-13-38-41-45)34(37)35-28(27)22-29(39-35)36(47)43-19-17-42(18-20-43)31-10-5-11-32(40-31)49-2/h3-5,7-11,13,16,21-22,39H,6,12,14-15,17-20,23H2,1-2H3. The predicted molar refractivity (Wildman–Crippen MR) is 183 cm³/mol. The summed E-state index contributed by atoms with van der Waals surface area (Å²) in [7, 11) is 3.18. The van der Waals surface area contributed by atoms with Crippen molar-refractivity contribution in [3.05, 3.63) is 90.1 Å². The van der Waals surface area contributed by atoms with E-state index in [4.69, 9.17) is 9.47 Å². The average Bonchev–Trinajstić information content (AvgIpc) is 3.85. The number of methoxy groups -OCH3 is 2. The van der Waals surface area contributed by atoms with Crippen LogP contribution in [0.4, 0.5) is 10.2 Å². The number of carbonyl (C=O) groups is 2. The van der Waals surface area contributed by atoms with E-state index in [1.165, 1.54) is 0 Å². The number of hydrogen-bond acceptors (Lipinski definition) is 8. The van der Waals surface area contributed by atoms with Crippen molar-refractivity contribution in [3.8, 4) is 22.8 Å². The summed E-state index contributed by atoms with van der Waals surface area (Å²) in [5, 5.41) is 8.31. The van der Waals surface area contributed by atoms with Crippen LogP contribution in [0.25, 0.3) is 27.6 Å². The Bertz CT molecular complexity index is 2020. The molecule has 252 valence electrons. The zero-order valence-corrected chi connectivity index (χ0v) is 27.4. The van der Waals surface area contributed by atoms with Crippen molar-refractivity contribution in [1.29, 1.82) is 0 Å². The summed E-state index contributed by atoms with van der Waals surface area (Å²) < 4.78 is 29.2. The largest absolute Gasteiger partial charge is 0.496 e. The van der Waals surface area contributed by atoms with Gasteiger partial charge in [-0.3, -0.25) is 14.3 Å². The van der Waals surface area contributed by atoms with Gasteiger partial charge in [0, 0.05) is 74.5 Å². The van der Waals surface area contributed by atoms with Gasteiger partial charge in [0.25, 0.3) is 5.91 Å². The van der Waals surface area contributed by atoms with Gasteiger partial charge in [0.1, 0.15) is 17.3 Å². The fourth-order valence-corrected chi connectivity index (χ4v) is 6.57. The molecule has 0 unspecified atom stereocenters. The summed E-state index contributed by atoms with van der Waals surface area (Å²) in [6.07, 6.45) is 6.14. The van der Waals surface area contributed by atoms with Crippen LogP contribution in [0.1, 0.15) is 28.9 Å². The van der Waals surface area contributed by atoms with Gasteiger partial charge >= 0.3 is 0 Å². The molecule has 0 radical (unpaired) electrons. The van der Waals surface area contributed by atoms with Crippen LogP contribution in [0.5, 0.6) is 11.6 Å². The average molecular weight is 665 g/mol. The first-order valence-electron chi connectivity index (χ1n) is 16.3. The van der Waals surface area contributed by atoms with Crippen molar-refractivity contribution in [3.63, 3.8) is 0 Å². The first-order chi connectivity index (χ1) is 23.9. The molecule has 12 nitrogen and oxygen atoms in total. The van der Waals surface area contributed by atoms with Crippen LogP contribution in [-0.4, -0.2) is 100 Å². The lowest BCUT2D eigenvalue weighted by molar-refractivity contribution is -0.131. The number of pyridine rings is 1. The number of fused-ring (bicyclic) bond motifs is 1. The third-order valence-corrected chi connectivity index (χ3v) is 9.17. The lowest BCUT2D eigenvalue weighted by Gasteiger charge is -2.35. The van der Waals surface area contributed by atoms with Crippen LogP contribution in [0.3, 0.4) is 0 Å². The number of benzene rings is 2. The number of aromatic amines is 1. The van der Waals surface area contributed by atoms with Gasteiger partial charge in [-0.2, -0.15) is 4.98 Å². The summed E-state index contributed by atoms with van der Waals surface area (Å²) >= 11 is 0. The van der Waals surface area contributed by atoms with E-state index in [1.54, 1.807) is 53.2 Å². The van der Waals surface area contributed by atoms with E-state index in [0.717, 1.165) is 16.9 Å². The van der Waals surface area contributed by atoms with Gasteiger partial charge < -0.3 is 29.2 Å². The predicted octanol–water partition coefficient (Wildman–Crippen LogP) is 4.65. The fourth-order valence-electron chi connectivity index (χ4n) is 6.57. The second kappa shape index (κ2) is 13.8. The van der Waals surface area contributed by atoms with E-state index in [9.17, 15) is 9.59 Å². The summed E-state index contributed by atoms with van der Waals surface area (Å²) in [6.45, 7) is 3.38. The van der Waals surface area contributed by atoms with E-state index in [1.807, 2.05) is 48.5 Å². The van der Waals surface area contributed by atoms with E-state index >= 15 is 4.39 Å². The number of nitrogens with one attached hydrogen (secondary N) is 1. The molecule has 7 rings (SSSR count). The second-order valence-corrected chi connectivity index (χ2v) is 12.0. The number of carbonyl (C=O) groups excluding carboxylic acids is 2. The molecule has 1 N–H and O–H groups in total. The van der Waals surface area contributed by atoms with Gasteiger partial charge in [0.05, 0.1) is 32.5 Å². The number of H-pyrrole nitrogens is 1. The Labute approximate surface area is 282 Å². The lowest BCUT2D eigenvalue weighted by Crippen LogP contribution is -2.49. The van der Waals surface area contributed by atoms with Gasteiger partial charge in [-0.15, -0.1) is 5.10 Å². The number of nitrogens with zero attached hydrogens (tertiary/aromatic N) is 7. The first kappa shape index (κ1) is 31.9. The molecule has 5 heterocycles. The second-order valence-electron chi connectivity index (χ2n) is 12.0. The van der Waals surface area contributed by atoms with Crippen molar-refractivity contribution >= 4 is 34.1 Å². The number of aromatic nitrogens is 5. The van der Waals surface area contributed by atoms with E-state index in [0.29, 0.717) is 79.5 Å². The lowest BCUT2D eigenvalue weighted by atomic mass is 9.93. The number of ether oxygens (including phenoxy) is 2. The van der Waals surface area contributed by atoms with Crippen molar-refractivity contribution in [1.82, 2.24) is 34.8 Å². The molecule has 1 saturated heterocycles. The van der Waals surface area contributed by atoms with Gasteiger partial charge in [-0.05, 0) is 41.8 Å². The molecule has 2 amide bonds. The monoisotopic (exact) mass is 664 g/mol. The van der Waals surface area contributed by atoms with Gasteiger partial charge in [-0.1, -0.05) is 35.6 Å². The highest BCUT2D eigenvalue weighted by molar-refractivity contribution is 6.05. The van der Waals surface area contributed by atoms with Crippen molar-refractivity contribution < 1.29 is 23.5 Å². The molecule has 0 aliphatic carbocycles. The molecule has 5 aromatic rings. The van der Waals surface area contributed by atoms with Crippen molar-refractivity contribution in [2.45, 2.75) is 19.4 Å². The Morgan fingerprint density at radius 1 is 0.918 bits per heavy atom. The molecule has 0 saturated carbocycles.